The molecule has 0 atom stereocenters. The van der Waals surface area contributed by atoms with Crippen LogP contribution in [0.3, 0.4) is 0 Å². The van der Waals surface area contributed by atoms with Crippen LogP contribution in [-0.4, -0.2) is 32.4 Å². The van der Waals surface area contributed by atoms with E-state index in [4.69, 9.17) is 0 Å². The van der Waals surface area contributed by atoms with Gasteiger partial charge in [0.05, 0.1) is 12.1 Å². The topological polar surface area (TPSA) is 71.2 Å². The van der Waals surface area contributed by atoms with Gasteiger partial charge in [-0.1, -0.05) is 18.2 Å². The van der Waals surface area contributed by atoms with Gasteiger partial charge in [-0.25, -0.2) is 0 Å². The predicted octanol–water partition coefficient (Wildman–Crippen LogP) is 3.88. The summed E-state index contributed by atoms with van der Waals surface area (Å²) in [6.45, 7) is -0.0246. The van der Waals surface area contributed by atoms with Crippen molar-refractivity contribution < 1.29 is 23.1 Å². The van der Waals surface area contributed by atoms with E-state index in [-0.39, 0.29) is 35.6 Å². The summed E-state index contributed by atoms with van der Waals surface area (Å²) in [5, 5.41) is 17.8. The Kier molecular flexibility index (Phi) is 5.04. The maximum Gasteiger partial charge on any atom is 0.416 e. The third-order valence-corrected chi connectivity index (χ3v) is 6.96. The van der Waals surface area contributed by atoms with Crippen molar-refractivity contribution in [2.24, 2.45) is 13.0 Å². The minimum absolute atomic E-state index is 0.0122. The van der Waals surface area contributed by atoms with Crippen molar-refractivity contribution in [3.63, 3.8) is 0 Å². The monoisotopic (exact) mass is 456 g/mol. The molecule has 1 aromatic heterocycles. The van der Waals surface area contributed by atoms with Gasteiger partial charge in [-0.3, -0.25) is 4.79 Å². The molecule has 0 bridgehead atoms. The Balaban J connectivity index is 1.49. The van der Waals surface area contributed by atoms with Crippen molar-refractivity contribution in [2.75, 3.05) is 11.5 Å². The van der Waals surface area contributed by atoms with E-state index >= 15 is 0 Å². The van der Waals surface area contributed by atoms with E-state index in [1.165, 1.54) is 17.0 Å². The van der Waals surface area contributed by atoms with Crippen molar-refractivity contribution in [2.45, 2.75) is 37.4 Å². The van der Waals surface area contributed by atoms with Crippen molar-refractivity contribution in [3.8, 4) is 0 Å². The molecule has 0 unspecified atom stereocenters. The second-order valence-corrected chi connectivity index (χ2v) is 9.04. The first kappa shape index (κ1) is 21.6. The number of hydrogen-bond donors (Lipinski definition) is 1. The largest absolute Gasteiger partial charge is 0.416 e. The van der Waals surface area contributed by atoms with Gasteiger partial charge in [0.2, 0.25) is 0 Å². The molecule has 0 saturated heterocycles. The van der Waals surface area contributed by atoms with Crippen LogP contribution in [0, 0.1) is 5.92 Å². The number of benzene rings is 2. The summed E-state index contributed by atoms with van der Waals surface area (Å²) >= 11 is 0. The lowest BCUT2D eigenvalue weighted by molar-refractivity contribution is -0.138. The molecule has 1 amide bonds. The third kappa shape index (κ3) is 3.60. The quantitative estimate of drug-likeness (QED) is 0.633. The number of halogens is 3. The number of carbonyl (C=O) groups is 1. The van der Waals surface area contributed by atoms with Crippen LogP contribution >= 0.6 is 0 Å². The first-order valence-corrected chi connectivity index (χ1v) is 10.8. The second kappa shape index (κ2) is 7.69. The lowest BCUT2D eigenvalue weighted by Gasteiger charge is -2.48. The lowest BCUT2D eigenvalue weighted by Crippen LogP contribution is -2.45. The van der Waals surface area contributed by atoms with Crippen LogP contribution in [0.1, 0.15) is 45.7 Å². The van der Waals surface area contributed by atoms with Gasteiger partial charge in [0.15, 0.2) is 0 Å². The highest BCUT2D eigenvalue weighted by molar-refractivity contribution is 6.10. The second-order valence-electron chi connectivity index (χ2n) is 9.04. The van der Waals surface area contributed by atoms with Crippen LogP contribution in [0.5, 0.6) is 0 Å². The maximum absolute atomic E-state index is 13.5. The number of amides is 1. The van der Waals surface area contributed by atoms with Crippen molar-refractivity contribution >= 4 is 11.6 Å². The fraction of sp³-hybridized carbons (Fsp3) is 0.375. The van der Waals surface area contributed by atoms with E-state index in [0.717, 1.165) is 30.3 Å². The minimum Gasteiger partial charge on any atom is -0.396 e. The van der Waals surface area contributed by atoms with Gasteiger partial charge in [-0.2, -0.15) is 13.2 Å². The summed E-state index contributed by atoms with van der Waals surface area (Å²) in [6.07, 6.45) is -0.747. The molecule has 1 saturated carbocycles. The summed E-state index contributed by atoms with van der Waals surface area (Å²) in [4.78, 5) is 14.4. The number of aliphatic hydroxyl groups excluding tert-OH is 1. The molecule has 6 nitrogen and oxygen atoms in total. The van der Waals surface area contributed by atoms with E-state index in [1.54, 1.807) is 12.4 Å². The molecule has 2 aromatic carbocycles. The van der Waals surface area contributed by atoms with E-state index in [2.05, 4.69) is 10.2 Å². The Morgan fingerprint density at radius 3 is 2.61 bits per heavy atom. The molecule has 172 valence electrons. The minimum atomic E-state index is -4.52. The zero-order valence-corrected chi connectivity index (χ0v) is 18.0. The number of aliphatic hydroxyl groups is 1. The molecule has 2 aliphatic rings. The fourth-order valence-corrected chi connectivity index (χ4v) is 5.24. The number of nitrogens with zero attached hydrogens (tertiary/aromatic N) is 4. The van der Waals surface area contributed by atoms with Crippen LogP contribution in [0.2, 0.25) is 0 Å². The average molecular weight is 456 g/mol. The Labute approximate surface area is 188 Å². The van der Waals surface area contributed by atoms with Gasteiger partial charge < -0.3 is 14.6 Å². The van der Waals surface area contributed by atoms with Gasteiger partial charge >= 0.3 is 6.18 Å². The van der Waals surface area contributed by atoms with E-state index in [1.807, 2.05) is 29.8 Å². The van der Waals surface area contributed by atoms with Gasteiger partial charge in [-0.15, -0.1) is 10.2 Å². The molecular formula is C24H23F3N4O2. The van der Waals surface area contributed by atoms with Gasteiger partial charge in [-0.05, 0) is 54.2 Å². The molecule has 3 aromatic rings. The molecule has 1 N–H and O–H groups in total. The lowest BCUT2D eigenvalue weighted by atomic mass is 9.57. The van der Waals surface area contributed by atoms with E-state index in [9.17, 15) is 23.1 Å². The zero-order chi connectivity index (χ0) is 23.4. The molecule has 1 aliphatic heterocycles. The molecule has 1 aliphatic carbocycles. The fourth-order valence-electron chi connectivity index (χ4n) is 5.24. The molecular weight excluding hydrogens is 433 g/mol. The Morgan fingerprint density at radius 2 is 1.94 bits per heavy atom. The number of carbonyl (C=O) groups excluding carboxylic acids is 1. The molecule has 9 heteroatoms. The highest BCUT2D eigenvalue weighted by atomic mass is 19.4. The highest BCUT2D eigenvalue weighted by Gasteiger charge is 2.46. The molecule has 33 heavy (non-hydrogen) atoms. The highest BCUT2D eigenvalue weighted by Crippen LogP contribution is 2.50. The smallest absolute Gasteiger partial charge is 0.396 e. The third-order valence-electron chi connectivity index (χ3n) is 6.96. The predicted molar refractivity (Wildman–Crippen MR) is 115 cm³/mol. The van der Waals surface area contributed by atoms with Crippen molar-refractivity contribution in [1.29, 1.82) is 0 Å². The zero-order valence-electron chi connectivity index (χ0n) is 18.0. The summed E-state index contributed by atoms with van der Waals surface area (Å²) < 4.78 is 42.3. The number of aromatic nitrogens is 3. The summed E-state index contributed by atoms with van der Waals surface area (Å²) in [5.74, 6) is 0.558. The number of aryl methyl sites for hydroxylation is 1. The van der Waals surface area contributed by atoms with Gasteiger partial charge in [0.25, 0.3) is 5.91 Å². The molecule has 5 rings (SSSR count). The molecule has 0 radical (unpaired) electrons. The van der Waals surface area contributed by atoms with Crippen LogP contribution in [0.15, 0.2) is 48.8 Å². The SMILES string of the molecule is Cn1cnnc1CC1(c2cccc(N3Cc4c(cccc4C(F)(F)F)C3=O)c2)CC(CO)C1. The van der Waals surface area contributed by atoms with Crippen molar-refractivity contribution in [3.05, 3.63) is 76.9 Å². The first-order chi connectivity index (χ1) is 15.7. The average Bonchev–Trinajstić information content (AvgIpc) is 3.32. The maximum atomic E-state index is 13.5. The van der Waals surface area contributed by atoms with Crippen LogP contribution in [0.4, 0.5) is 18.9 Å². The number of alkyl halides is 3. The number of anilines is 1. The Hall–Kier alpha value is -3.20. The summed E-state index contributed by atoms with van der Waals surface area (Å²) in [6, 6.07) is 11.2. The van der Waals surface area contributed by atoms with Gasteiger partial charge in [0.1, 0.15) is 12.2 Å². The Morgan fingerprint density at radius 1 is 1.18 bits per heavy atom. The number of fused-ring (bicyclic) bond motifs is 1. The number of hydrogen-bond acceptors (Lipinski definition) is 4. The van der Waals surface area contributed by atoms with E-state index < -0.39 is 17.6 Å². The molecule has 2 heterocycles. The first-order valence-electron chi connectivity index (χ1n) is 10.8. The van der Waals surface area contributed by atoms with Crippen molar-refractivity contribution in [1.82, 2.24) is 14.8 Å². The standard InChI is InChI=1S/C24H23F3N4O2/c1-30-14-28-29-21(30)11-23(9-15(10-23)13-32)16-4-2-5-17(8-16)31-12-19-18(22(31)33)6-3-7-20(19)24(25,26)27/h2-8,14-15,32H,9-13H2,1H3. The normalized spacial score (nSPS) is 22.4. The van der Waals surface area contributed by atoms with Crippen LogP contribution in [0.25, 0.3) is 0 Å². The van der Waals surface area contributed by atoms with Gasteiger partial charge in [0, 0.05) is 36.7 Å². The van der Waals surface area contributed by atoms with Crippen LogP contribution < -0.4 is 4.90 Å². The molecule has 1 fully saturated rings. The molecule has 0 spiro atoms. The summed E-state index contributed by atoms with van der Waals surface area (Å²) in [7, 11) is 1.88. The Bertz CT molecular complexity index is 1210. The summed E-state index contributed by atoms with van der Waals surface area (Å²) in [5.41, 5.74) is 0.595. The number of rotatable bonds is 5. The van der Waals surface area contributed by atoms with Crippen LogP contribution in [-0.2, 0) is 31.6 Å². The van der Waals surface area contributed by atoms with E-state index in [0.29, 0.717) is 12.1 Å².